The van der Waals surface area contributed by atoms with Crippen LogP contribution in [0.25, 0.3) is 0 Å². The first kappa shape index (κ1) is 15.9. The van der Waals surface area contributed by atoms with Crippen molar-refractivity contribution in [2.24, 2.45) is 0 Å². The molecule has 1 aromatic rings. The number of hydrogen-bond donors (Lipinski definition) is 1. The van der Waals surface area contributed by atoms with Crippen LogP contribution in [0.4, 0.5) is 0 Å². The van der Waals surface area contributed by atoms with Crippen LogP contribution in [-0.2, 0) is 24.4 Å². The van der Waals surface area contributed by atoms with Gasteiger partial charge in [0.05, 0.1) is 18.8 Å². The number of thiazole rings is 1. The lowest BCUT2D eigenvalue weighted by Crippen LogP contribution is -2.36. The van der Waals surface area contributed by atoms with Crippen LogP contribution < -0.4 is 5.32 Å². The van der Waals surface area contributed by atoms with Crippen molar-refractivity contribution in [3.63, 3.8) is 0 Å². The highest BCUT2D eigenvalue weighted by molar-refractivity contribution is 7.11. The van der Waals surface area contributed by atoms with Crippen molar-refractivity contribution in [3.8, 4) is 0 Å². The summed E-state index contributed by atoms with van der Waals surface area (Å²) in [6.07, 6.45) is 4.02. The van der Waals surface area contributed by atoms with Crippen LogP contribution >= 0.6 is 11.3 Å². The van der Waals surface area contributed by atoms with Crippen molar-refractivity contribution in [2.75, 3.05) is 20.2 Å². The molecule has 2 heterocycles. The third kappa shape index (κ3) is 4.25. The average molecular weight is 297 g/mol. The minimum absolute atomic E-state index is 0.618. The number of methoxy groups -OCH3 is 1. The Labute approximate surface area is 126 Å². The minimum atomic E-state index is 0.618. The molecule has 2 rings (SSSR count). The molecule has 1 fully saturated rings. The molecule has 0 bridgehead atoms. The molecule has 1 atom stereocenters. The highest BCUT2D eigenvalue weighted by atomic mass is 32.1. The molecule has 114 valence electrons. The van der Waals surface area contributed by atoms with Gasteiger partial charge in [-0.15, -0.1) is 11.3 Å². The van der Waals surface area contributed by atoms with Gasteiger partial charge in [-0.3, -0.25) is 4.90 Å². The van der Waals surface area contributed by atoms with Gasteiger partial charge in [-0.25, -0.2) is 4.98 Å². The SMILES string of the molecule is CCNCc1sc(CN2CCCCC2C)nc1COC. The third-order valence-electron chi connectivity index (χ3n) is 3.92. The molecule has 4 nitrogen and oxygen atoms in total. The average Bonchev–Trinajstić information content (AvgIpc) is 2.81. The van der Waals surface area contributed by atoms with Crippen LogP contribution in [0.2, 0.25) is 0 Å². The second-order valence-electron chi connectivity index (χ2n) is 5.51. The molecule has 5 heteroatoms. The summed E-state index contributed by atoms with van der Waals surface area (Å²) in [7, 11) is 1.74. The van der Waals surface area contributed by atoms with Crippen molar-refractivity contribution < 1.29 is 4.74 Å². The van der Waals surface area contributed by atoms with Gasteiger partial charge in [0.15, 0.2) is 0 Å². The molecule has 0 aromatic carbocycles. The Morgan fingerprint density at radius 1 is 1.45 bits per heavy atom. The van der Waals surface area contributed by atoms with E-state index in [1.165, 1.54) is 35.7 Å². The van der Waals surface area contributed by atoms with E-state index in [0.717, 1.165) is 25.3 Å². The molecular formula is C15H27N3OS. The highest BCUT2D eigenvalue weighted by Crippen LogP contribution is 2.24. The Morgan fingerprint density at radius 3 is 3.00 bits per heavy atom. The van der Waals surface area contributed by atoms with E-state index in [1.807, 2.05) is 11.3 Å². The molecule has 1 unspecified atom stereocenters. The van der Waals surface area contributed by atoms with Crippen LogP contribution in [0.5, 0.6) is 0 Å². The predicted molar refractivity (Wildman–Crippen MR) is 83.9 cm³/mol. The minimum Gasteiger partial charge on any atom is -0.378 e. The zero-order valence-electron chi connectivity index (χ0n) is 12.9. The van der Waals surface area contributed by atoms with Crippen LogP contribution in [0, 0.1) is 0 Å². The summed E-state index contributed by atoms with van der Waals surface area (Å²) in [5.74, 6) is 0. The largest absolute Gasteiger partial charge is 0.378 e. The quantitative estimate of drug-likeness (QED) is 0.840. The zero-order chi connectivity index (χ0) is 14.4. The monoisotopic (exact) mass is 297 g/mol. The molecule has 1 aliphatic rings. The van der Waals surface area contributed by atoms with Crippen LogP contribution in [0.3, 0.4) is 0 Å². The molecule has 1 aliphatic heterocycles. The summed E-state index contributed by atoms with van der Waals surface area (Å²) in [4.78, 5) is 8.69. The number of nitrogens with one attached hydrogen (secondary N) is 1. The maximum atomic E-state index is 5.28. The first-order chi connectivity index (χ1) is 9.74. The second-order valence-corrected chi connectivity index (χ2v) is 6.67. The van der Waals surface area contributed by atoms with Gasteiger partial charge in [-0.2, -0.15) is 0 Å². The Hall–Kier alpha value is -0.490. The third-order valence-corrected chi connectivity index (χ3v) is 5.00. The van der Waals surface area contributed by atoms with E-state index in [-0.39, 0.29) is 0 Å². The Bertz CT molecular complexity index is 408. The maximum absolute atomic E-state index is 5.28. The fourth-order valence-corrected chi connectivity index (χ4v) is 3.76. The number of aromatic nitrogens is 1. The lowest BCUT2D eigenvalue weighted by Gasteiger charge is -2.32. The van der Waals surface area contributed by atoms with Gasteiger partial charge in [0.2, 0.25) is 0 Å². The van der Waals surface area contributed by atoms with Crippen LogP contribution in [0.15, 0.2) is 0 Å². The topological polar surface area (TPSA) is 37.4 Å². The number of ether oxygens (including phenoxy) is 1. The van der Waals surface area contributed by atoms with Crippen molar-refractivity contribution in [1.82, 2.24) is 15.2 Å². The standard InChI is InChI=1S/C15H27N3OS/c1-4-16-9-14-13(11-19-3)17-15(20-14)10-18-8-6-5-7-12(18)2/h12,16H,4-11H2,1-3H3. The molecule has 0 amide bonds. The second kappa shape index (κ2) is 8.08. The summed E-state index contributed by atoms with van der Waals surface area (Å²) >= 11 is 1.84. The Kier molecular flexibility index (Phi) is 6.42. The number of rotatable bonds is 7. The van der Waals surface area contributed by atoms with E-state index >= 15 is 0 Å². The molecule has 1 N–H and O–H groups in total. The number of likely N-dealkylation sites (tertiary alicyclic amines) is 1. The molecule has 0 saturated carbocycles. The van der Waals surface area contributed by atoms with Crippen molar-refractivity contribution >= 4 is 11.3 Å². The van der Waals surface area contributed by atoms with E-state index in [2.05, 4.69) is 24.1 Å². The van der Waals surface area contributed by atoms with Gasteiger partial charge in [-0.1, -0.05) is 13.3 Å². The smallest absolute Gasteiger partial charge is 0.107 e. The van der Waals surface area contributed by atoms with E-state index in [0.29, 0.717) is 12.6 Å². The summed E-state index contributed by atoms with van der Waals surface area (Å²) in [6, 6.07) is 0.691. The van der Waals surface area contributed by atoms with Gasteiger partial charge >= 0.3 is 0 Å². The van der Waals surface area contributed by atoms with Gasteiger partial charge in [0.25, 0.3) is 0 Å². The van der Waals surface area contributed by atoms with E-state index in [9.17, 15) is 0 Å². The van der Waals surface area contributed by atoms with E-state index in [1.54, 1.807) is 7.11 Å². The fraction of sp³-hybridized carbons (Fsp3) is 0.800. The summed E-state index contributed by atoms with van der Waals surface area (Å²) in [5, 5.41) is 4.63. The molecule has 0 spiro atoms. The summed E-state index contributed by atoms with van der Waals surface area (Å²) in [6.45, 7) is 9.19. The van der Waals surface area contributed by atoms with E-state index in [4.69, 9.17) is 9.72 Å². The first-order valence-electron chi connectivity index (χ1n) is 7.65. The van der Waals surface area contributed by atoms with Crippen molar-refractivity contribution in [2.45, 2.75) is 58.8 Å². The van der Waals surface area contributed by atoms with Gasteiger partial charge in [-0.05, 0) is 32.9 Å². The first-order valence-corrected chi connectivity index (χ1v) is 8.47. The van der Waals surface area contributed by atoms with Crippen molar-refractivity contribution in [1.29, 1.82) is 0 Å². The summed E-state index contributed by atoms with van der Waals surface area (Å²) < 4.78 is 5.28. The Balaban J connectivity index is 2.03. The van der Waals surface area contributed by atoms with Crippen LogP contribution in [0.1, 0.15) is 48.7 Å². The number of piperidine rings is 1. The lowest BCUT2D eigenvalue weighted by atomic mass is 10.0. The molecule has 1 aromatic heterocycles. The number of hydrogen-bond acceptors (Lipinski definition) is 5. The Morgan fingerprint density at radius 2 is 2.30 bits per heavy atom. The molecule has 0 radical (unpaired) electrons. The molecule has 0 aliphatic carbocycles. The van der Waals surface area contributed by atoms with E-state index < -0.39 is 0 Å². The summed E-state index contributed by atoms with van der Waals surface area (Å²) in [5.41, 5.74) is 1.11. The van der Waals surface area contributed by atoms with Crippen LogP contribution in [-0.4, -0.2) is 36.1 Å². The molecular weight excluding hydrogens is 270 g/mol. The van der Waals surface area contributed by atoms with Gasteiger partial charge < -0.3 is 10.1 Å². The normalized spacial score (nSPS) is 20.4. The van der Waals surface area contributed by atoms with Gasteiger partial charge in [0.1, 0.15) is 5.01 Å². The molecule has 1 saturated heterocycles. The predicted octanol–water partition coefficient (Wildman–Crippen LogP) is 2.77. The lowest BCUT2D eigenvalue weighted by molar-refractivity contribution is 0.151. The van der Waals surface area contributed by atoms with Gasteiger partial charge in [0, 0.05) is 24.6 Å². The maximum Gasteiger partial charge on any atom is 0.107 e. The molecule has 20 heavy (non-hydrogen) atoms. The zero-order valence-corrected chi connectivity index (χ0v) is 13.8. The van der Waals surface area contributed by atoms with Crippen molar-refractivity contribution in [3.05, 3.63) is 15.6 Å². The fourth-order valence-electron chi connectivity index (χ4n) is 2.70. The highest BCUT2D eigenvalue weighted by Gasteiger charge is 2.20. The number of nitrogens with zero attached hydrogens (tertiary/aromatic N) is 2.